The second kappa shape index (κ2) is 10.1. The van der Waals surface area contributed by atoms with E-state index < -0.39 is 11.8 Å². The molecule has 0 unspecified atom stereocenters. The van der Waals surface area contributed by atoms with Crippen molar-refractivity contribution < 1.29 is 19.2 Å². The minimum absolute atomic E-state index is 0.0954. The van der Waals surface area contributed by atoms with Crippen LogP contribution in [0.5, 0.6) is 0 Å². The Labute approximate surface area is 155 Å². The van der Waals surface area contributed by atoms with Gasteiger partial charge in [0.15, 0.2) is 0 Å². The fraction of sp³-hybridized carbons (Fsp3) is 0.579. The average molecular weight is 363 g/mol. The van der Waals surface area contributed by atoms with Crippen LogP contribution < -0.4 is 20.4 Å². The van der Waals surface area contributed by atoms with Gasteiger partial charge >= 0.3 is 11.8 Å². The van der Waals surface area contributed by atoms with Crippen molar-refractivity contribution in [1.29, 1.82) is 0 Å². The number of hydrogen-bond donors (Lipinski definition) is 3. The molecular formula is C19H31N4O3+. The topological polar surface area (TPSA) is 75.1 Å². The van der Waals surface area contributed by atoms with Crippen LogP contribution in [0.2, 0.25) is 0 Å². The smallest absolute Gasteiger partial charge is 0.309 e. The van der Waals surface area contributed by atoms with Crippen molar-refractivity contribution in [3.8, 4) is 0 Å². The summed E-state index contributed by atoms with van der Waals surface area (Å²) in [5.74, 6) is -1.13. The number of ether oxygens (including phenoxy) is 1. The standard InChI is InChI=1S/C19H30N4O3/c1-4-9-20-18(24)19(25)21-14-17(23-10-12-26-13-11-23)15-5-7-16(8-6-15)22(2)3/h5-8,17H,4,9-14H2,1-3H3,(H,20,24)(H,21,25)/p+1/t17-/m1/s1. The van der Waals surface area contributed by atoms with Crippen LogP contribution in [0.25, 0.3) is 0 Å². The molecule has 1 aromatic rings. The van der Waals surface area contributed by atoms with Crippen LogP contribution in [-0.4, -0.2) is 65.3 Å². The van der Waals surface area contributed by atoms with Crippen LogP contribution in [0.15, 0.2) is 24.3 Å². The first-order chi connectivity index (χ1) is 12.5. The van der Waals surface area contributed by atoms with Gasteiger partial charge in [-0.2, -0.15) is 0 Å². The van der Waals surface area contributed by atoms with E-state index in [1.807, 2.05) is 21.0 Å². The van der Waals surface area contributed by atoms with Crippen molar-refractivity contribution in [3.63, 3.8) is 0 Å². The molecule has 1 atom stereocenters. The van der Waals surface area contributed by atoms with E-state index in [-0.39, 0.29) is 6.04 Å². The monoisotopic (exact) mass is 363 g/mol. The Morgan fingerprint density at radius 2 is 1.73 bits per heavy atom. The quantitative estimate of drug-likeness (QED) is 0.563. The molecule has 2 rings (SSSR count). The molecule has 0 aromatic heterocycles. The van der Waals surface area contributed by atoms with E-state index >= 15 is 0 Å². The third-order valence-corrected chi connectivity index (χ3v) is 4.65. The fourth-order valence-corrected chi connectivity index (χ4v) is 3.08. The van der Waals surface area contributed by atoms with Crippen molar-refractivity contribution >= 4 is 17.5 Å². The lowest BCUT2D eigenvalue weighted by atomic mass is 10.0. The fourth-order valence-electron chi connectivity index (χ4n) is 3.08. The van der Waals surface area contributed by atoms with Crippen molar-refractivity contribution in [2.75, 3.05) is 58.4 Å². The van der Waals surface area contributed by atoms with Gasteiger partial charge in [-0.25, -0.2) is 0 Å². The van der Waals surface area contributed by atoms with E-state index in [0.717, 1.165) is 30.8 Å². The number of nitrogens with zero attached hydrogens (tertiary/aromatic N) is 1. The zero-order valence-corrected chi connectivity index (χ0v) is 16.0. The summed E-state index contributed by atoms with van der Waals surface area (Å²) in [6.07, 6.45) is 0.803. The minimum Gasteiger partial charge on any atom is -0.378 e. The second-order valence-electron chi connectivity index (χ2n) is 6.78. The van der Waals surface area contributed by atoms with E-state index in [9.17, 15) is 9.59 Å². The van der Waals surface area contributed by atoms with Crippen molar-refractivity contribution in [1.82, 2.24) is 10.6 Å². The van der Waals surface area contributed by atoms with Gasteiger partial charge in [0.05, 0.1) is 19.8 Å². The maximum Gasteiger partial charge on any atom is 0.309 e. The average Bonchev–Trinajstić information content (AvgIpc) is 2.67. The van der Waals surface area contributed by atoms with E-state index in [1.165, 1.54) is 4.90 Å². The van der Waals surface area contributed by atoms with Gasteiger partial charge in [0.1, 0.15) is 19.1 Å². The van der Waals surface area contributed by atoms with Crippen LogP contribution in [0.4, 0.5) is 5.69 Å². The maximum atomic E-state index is 12.0. The van der Waals surface area contributed by atoms with Gasteiger partial charge in [-0.3, -0.25) is 9.59 Å². The van der Waals surface area contributed by atoms with Crippen molar-refractivity contribution in [3.05, 3.63) is 29.8 Å². The van der Waals surface area contributed by atoms with Crippen LogP contribution in [0.3, 0.4) is 0 Å². The van der Waals surface area contributed by atoms with E-state index in [4.69, 9.17) is 4.74 Å². The first kappa shape index (κ1) is 20.2. The molecule has 144 valence electrons. The third-order valence-electron chi connectivity index (χ3n) is 4.65. The summed E-state index contributed by atoms with van der Waals surface area (Å²) >= 11 is 0. The first-order valence-corrected chi connectivity index (χ1v) is 9.28. The number of carbonyl (C=O) groups excluding carboxylic acids is 2. The third kappa shape index (κ3) is 5.71. The number of carbonyl (C=O) groups is 2. The summed E-state index contributed by atoms with van der Waals surface area (Å²) in [5.41, 5.74) is 2.29. The predicted molar refractivity (Wildman–Crippen MR) is 101 cm³/mol. The summed E-state index contributed by atoms with van der Waals surface area (Å²) in [6, 6.07) is 8.46. The van der Waals surface area contributed by atoms with Crippen molar-refractivity contribution in [2.45, 2.75) is 19.4 Å². The molecule has 1 aliphatic rings. The Bertz CT molecular complexity index is 583. The number of amides is 2. The zero-order valence-electron chi connectivity index (χ0n) is 16.0. The number of hydrogen-bond acceptors (Lipinski definition) is 4. The zero-order chi connectivity index (χ0) is 18.9. The van der Waals surface area contributed by atoms with Gasteiger partial charge in [-0.15, -0.1) is 0 Å². The Balaban J connectivity index is 2.06. The summed E-state index contributed by atoms with van der Waals surface area (Å²) in [4.78, 5) is 27.3. The molecule has 3 N–H and O–H groups in total. The molecule has 7 heteroatoms. The van der Waals surface area contributed by atoms with Gasteiger partial charge in [0, 0.05) is 31.9 Å². The Kier molecular flexibility index (Phi) is 7.87. The van der Waals surface area contributed by atoms with E-state index in [2.05, 4.69) is 39.8 Å². The van der Waals surface area contributed by atoms with Gasteiger partial charge in [0.25, 0.3) is 0 Å². The number of rotatable bonds is 7. The Morgan fingerprint density at radius 3 is 2.31 bits per heavy atom. The second-order valence-corrected chi connectivity index (χ2v) is 6.78. The molecule has 1 saturated heterocycles. The van der Waals surface area contributed by atoms with Crippen LogP contribution in [0, 0.1) is 0 Å². The SMILES string of the molecule is CCCNC(=O)C(=O)NC[C@H](c1ccc(N(C)C)cc1)[NH+]1CCOCC1. The lowest BCUT2D eigenvalue weighted by Crippen LogP contribution is -3.15. The molecule has 26 heavy (non-hydrogen) atoms. The number of nitrogens with one attached hydrogen (secondary N) is 3. The molecule has 7 nitrogen and oxygen atoms in total. The molecule has 1 fully saturated rings. The van der Waals surface area contributed by atoms with E-state index in [1.54, 1.807) is 0 Å². The number of quaternary nitrogens is 1. The highest BCUT2D eigenvalue weighted by Crippen LogP contribution is 2.16. The molecule has 0 aliphatic carbocycles. The normalized spacial score (nSPS) is 16.0. The molecule has 0 radical (unpaired) electrons. The largest absolute Gasteiger partial charge is 0.378 e. The molecule has 0 spiro atoms. The number of morpholine rings is 1. The summed E-state index contributed by atoms with van der Waals surface area (Å²) in [6.45, 7) is 6.09. The Morgan fingerprint density at radius 1 is 1.12 bits per heavy atom. The summed E-state index contributed by atoms with van der Waals surface area (Å²) in [7, 11) is 4.02. The number of anilines is 1. The van der Waals surface area contributed by atoms with Crippen LogP contribution >= 0.6 is 0 Å². The Hall–Kier alpha value is -2.12. The maximum absolute atomic E-state index is 12.0. The van der Waals surface area contributed by atoms with Gasteiger partial charge in [0.2, 0.25) is 0 Å². The van der Waals surface area contributed by atoms with Gasteiger partial charge in [-0.1, -0.05) is 19.1 Å². The highest BCUT2D eigenvalue weighted by atomic mass is 16.5. The van der Waals surface area contributed by atoms with Gasteiger partial charge in [-0.05, 0) is 18.6 Å². The molecular weight excluding hydrogens is 332 g/mol. The summed E-state index contributed by atoms with van der Waals surface area (Å²) < 4.78 is 5.47. The molecule has 1 heterocycles. The predicted octanol–water partition coefficient (Wildman–Crippen LogP) is -0.649. The van der Waals surface area contributed by atoms with Gasteiger partial charge < -0.3 is 25.2 Å². The first-order valence-electron chi connectivity index (χ1n) is 9.28. The highest BCUT2D eigenvalue weighted by Gasteiger charge is 2.27. The molecule has 1 aromatic carbocycles. The summed E-state index contributed by atoms with van der Waals surface area (Å²) in [5, 5.41) is 5.41. The molecule has 0 saturated carbocycles. The lowest BCUT2D eigenvalue weighted by Gasteiger charge is -2.32. The highest BCUT2D eigenvalue weighted by molar-refractivity contribution is 6.35. The van der Waals surface area contributed by atoms with Crippen LogP contribution in [0.1, 0.15) is 24.9 Å². The van der Waals surface area contributed by atoms with E-state index in [0.29, 0.717) is 26.3 Å². The molecule has 0 bridgehead atoms. The van der Waals surface area contributed by atoms with Crippen molar-refractivity contribution in [2.24, 2.45) is 0 Å². The lowest BCUT2D eigenvalue weighted by molar-refractivity contribution is -0.937. The molecule has 1 aliphatic heterocycles. The minimum atomic E-state index is -0.568. The number of benzene rings is 1. The molecule has 2 amide bonds. The van der Waals surface area contributed by atoms with Crippen LogP contribution in [-0.2, 0) is 14.3 Å².